The van der Waals surface area contributed by atoms with Gasteiger partial charge < -0.3 is 14.6 Å². The van der Waals surface area contributed by atoms with Gasteiger partial charge in [-0.1, -0.05) is 46.3 Å². The summed E-state index contributed by atoms with van der Waals surface area (Å²) in [6.45, 7) is 2.64. The van der Waals surface area contributed by atoms with Crippen LogP contribution in [-0.4, -0.2) is 23.8 Å². The normalized spacial score (nSPS) is 10.7. The van der Waals surface area contributed by atoms with Gasteiger partial charge in [-0.05, 0) is 54.4 Å². The number of rotatable bonds is 8. The summed E-state index contributed by atoms with van der Waals surface area (Å²) in [7, 11) is 0. The number of phenols is 1. The smallest absolute Gasteiger partial charge is 0.275 e. The third kappa shape index (κ3) is 5.84. The van der Waals surface area contributed by atoms with Gasteiger partial charge in [0, 0.05) is 4.47 Å². The number of aromatic hydroxyl groups is 1. The molecule has 0 aliphatic heterocycles. The van der Waals surface area contributed by atoms with E-state index >= 15 is 0 Å². The van der Waals surface area contributed by atoms with Crippen molar-refractivity contribution in [3.05, 3.63) is 87.9 Å². The number of hydrogen-bond acceptors (Lipinski definition) is 5. The highest BCUT2D eigenvalue weighted by Crippen LogP contribution is 2.26. The molecule has 0 saturated carbocycles. The van der Waals surface area contributed by atoms with Crippen LogP contribution in [-0.2, 0) is 6.61 Å². The molecule has 3 aromatic carbocycles. The molecule has 3 aromatic rings. The zero-order chi connectivity index (χ0) is 21.3. The predicted octanol–water partition coefficient (Wildman–Crippen LogP) is 4.90. The van der Waals surface area contributed by atoms with E-state index in [-0.39, 0.29) is 5.75 Å². The molecule has 7 heteroatoms. The van der Waals surface area contributed by atoms with Crippen LogP contribution >= 0.6 is 15.9 Å². The second-order valence-corrected chi connectivity index (χ2v) is 7.19. The number of phenolic OH excluding ortho intramolecular Hbond substituents is 1. The number of carbonyl (C=O) groups excluding carboxylic acids is 1. The molecular formula is C23H21BrN2O4. The first-order valence-corrected chi connectivity index (χ1v) is 10.1. The standard InChI is InChI=1S/C23H21BrN2O4/c1-2-29-22-10-8-17(12-20(22)27)14-25-26-23(28)19-13-18(24)9-11-21(19)30-15-16-6-4-3-5-7-16/h3-14,27H,2,15H2,1H3,(H,26,28)/b25-14+. The molecule has 0 aliphatic carbocycles. The first kappa shape index (κ1) is 21.4. The second-order valence-electron chi connectivity index (χ2n) is 6.27. The van der Waals surface area contributed by atoms with Crippen molar-refractivity contribution in [2.75, 3.05) is 6.61 Å². The highest BCUT2D eigenvalue weighted by atomic mass is 79.9. The van der Waals surface area contributed by atoms with Crippen molar-refractivity contribution in [3.63, 3.8) is 0 Å². The molecule has 0 spiro atoms. The highest BCUT2D eigenvalue weighted by molar-refractivity contribution is 9.10. The van der Waals surface area contributed by atoms with E-state index in [1.165, 1.54) is 12.3 Å². The van der Waals surface area contributed by atoms with Crippen molar-refractivity contribution >= 4 is 28.1 Å². The number of amides is 1. The van der Waals surface area contributed by atoms with Gasteiger partial charge in [0.15, 0.2) is 11.5 Å². The van der Waals surface area contributed by atoms with Gasteiger partial charge in [-0.3, -0.25) is 4.79 Å². The van der Waals surface area contributed by atoms with Crippen LogP contribution in [0.25, 0.3) is 0 Å². The van der Waals surface area contributed by atoms with E-state index in [0.717, 1.165) is 10.0 Å². The second kappa shape index (κ2) is 10.5. The molecule has 0 atom stereocenters. The summed E-state index contributed by atoms with van der Waals surface area (Å²) in [5.74, 6) is 0.447. The lowest BCUT2D eigenvalue weighted by atomic mass is 10.2. The molecule has 3 rings (SSSR count). The van der Waals surface area contributed by atoms with Crippen LogP contribution in [0.3, 0.4) is 0 Å². The van der Waals surface area contributed by atoms with Gasteiger partial charge in [-0.15, -0.1) is 0 Å². The van der Waals surface area contributed by atoms with Crippen LogP contribution < -0.4 is 14.9 Å². The lowest BCUT2D eigenvalue weighted by Crippen LogP contribution is -2.18. The molecule has 0 saturated heterocycles. The minimum Gasteiger partial charge on any atom is -0.504 e. The molecule has 1 amide bonds. The Bertz CT molecular complexity index is 1040. The Morgan fingerprint density at radius 2 is 1.83 bits per heavy atom. The quantitative estimate of drug-likeness (QED) is 0.364. The maximum atomic E-state index is 12.6. The van der Waals surface area contributed by atoms with E-state index in [1.807, 2.05) is 43.3 Å². The molecule has 0 fully saturated rings. The van der Waals surface area contributed by atoms with Crippen molar-refractivity contribution in [1.29, 1.82) is 0 Å². The molecule has 30 heavy (non-hydrogen) atoms. The number of hydrogen-bond donors (Lipinski definition) is 2. The molecule has 6 nitrogen and oxygen atoms in total. The zero-order valence-corrected chi connectivity index (χ0v) is 17.9. The molecule has 2 N–H and O–H groups in total. The molecule has 154 valence electrons. The third-order valence-corrected chi connectivity index (χ3v) is 4.58. The van der Waals surface area contributed by atoms with Crippen LogP contribution in [0.1, 0.15) is 28.4 Å². The highest BCUT2D eigenvalue weighted by Gasteiger charge is 2.13. The maximum absolute atomic E-state index is 12.6. The van der Waals surface area contributed by atoms with Crippen LogP contribution in [0.15, 0.2) is 76.3 Å². The Balaban J connectivity index is 1.68. The van der Waals surface area contributed by atoms with Crippen LogP contribution in [0.2, 0.25) is 0 Å². The lowest BCUT2D eigenvalue weighted by Gasteiger charge is -2.11. The molecule has 0 aliphatic rings. The van der Waals surface area contributed by atoms with Crippen molar-refractivity contribution in [1.82, 2.24) is 5.43 Å². The first-order chi connectivity index (χ1) is 14.6. The van der Waals surface area contributed by atoms with E-state index in [4.69, 9.17) is 9.47 Å². The molecule has 0 heterocycles. The van der Waals surface area contributed by atoms with Crippen molar-refractivity contribution < 1.29 is 19.4 Å². The summed E-state index contributed by atoms with van der Waals surface area (Å²) in [6.07, 6.45) is 1.44. The lowest BCUT2D eigenvalue weighted by molar-refractivity contribution is 0.0950. The summed E-state index contributed by atoms with van der Waals surface area (Å²) >= 11 is 3.38. The number of halogens is 1. The summed E-state index contributed by atoms with van der Waals surface area (Å²) < 4.78 is 11.9. The van der Waals surface area contributed by atoms with Gasteiger partial charge in [-0.25, -0.2) is 5.43 Å². The monoisotopic (exact) mass is 468 g/mol. The number of benzene rings is 3. The largest absolute Gasteiger partial charge is 0.504 e. The number of nitrogens with one attached hydrogen (secondary N) is 1. The fraction of sp³-hybridized carbons (Fsp3) is 0.130. The number of ether oxygens (including phenoxy) is 2. The number of carbonyl (C=O) groups is 1. The Hall–Kier alpha value is -3.32. The maximum Gasteiger partial charge on any atom is 0.275 e. The van der Waals surface area contributed by atoms with Crippen LogP contribution in [0.5, 0.6) is 17.2 Å². The Kier molecular flexibility index (Phi) is 7.45. The van der Waals surface area contributed by atoms with Crippen LogP contribution in [0.4, 0.5) is 0 Å². The molecule has 0 unspecified atom stereocenters. The first-order valence-electron chi connectivity index (χ1n) is 9.32. The fourth-order valence-corrected chi connectivity index (χ4v) is 3.02. The summed E-state index contributed by atoms with van der Waals surface area (Å²) in [5.41, 5.74) is 4.46. The summed E-state index contributed by atoms with van der Waals surface area (Å²) in [5, 5.41) is 13.9. The van der Waals surface area contributed by atoms with Gasteiger partial charge in [0.25, 0.3) is 5.91 Å². The van der Waals surface area contributed by atoms with E-state index in [9.17, 15) is 9.90 Å². The fourth-order valence-electron chi connectivity index (χ4n) is 2.66. The Labute approximate surface area is 183 Å². The Morgan fingerprint density at radius 3 is 2.57 bits per heavy atom. The minimum absolute atomic E-state index is 0.00992. The van der Waals surface area contributed by atoms with Crippen molar-refractivity contribution in [2.45, 2.75) is 13.5 Å². The molecular weight excluding hydrogens is 448 g/mol. The average molecular weight is 469 g/mol. The molecule has 0 radical (unpaired) electrons. The Morgan fingerprint density at radius 1 is 1.07 bits per heavy atom. The minimum atomic E-state index is -0.411. The summed E-state index contributed by atoms with van der Waals surface area (Å²) in [4.78, 5) is 12.6. The van der Waals surface area contributed by atoms with Gasteiger partial charge in [0.2, 0.25) is 0 Å². The van der Waals surface area contributed by atoms with E-state index in [1.54, 1.807) is 24.3 Å². The number of nitrogens with zero attached hydrogens (tertiary/aromatic N) is 1. The zero-order valence-electron chi connectivity index (χ0n) is 16.3. The van der Waals surface area contributed by atoms with Gasteiger partial charge >= 0.3 is 0 Å². The molecule has 0 aromatic heterocycles. The SMILES string of the molecule is CCOc1ccc(/C=N/NC(=O)c2cc(Br)ccc2OCc2ccccc2)cc1O. The topological polar surface area (TPSA) is 80.2 Å². The van der Waals surface area contributed by atoms with Crippen LogP contribution in [0, 0.1) is 0 Å². The van der Waals surface area contributed by atoms with Gasteiger partial charge in [0.1, 0.15) is 12.4 Å². The van der Waals surface area contributed by atoms with E-state index in [2.05, 4.69) is 26.5 Å². The van der Waals surface area contributed by atoms with Crippen molar-refractivity contribution in [2.24, 2.45) is 5.10 Å². The third-order valence-electron chi connectivity index (χ3n) is 4.09. The van der Waals surface area contributed by atoms with Crippen molar-refractivity contribution in [3.8, 4) is 17.2 Å². The van der Waals surface area contributed by atoms with Gasteiger partial charge in [0.05, 0.1) is 18.4 Å². The summed E-state index contributed by atoms with van der Waals surface area (Å²) in [6, 6.07) is 19.8. The molecule has 0 bridgehead atoms. The predicted molar refractivity (Wildman–Crippen MR) is 119 cm³/mol. The number of hydrazone groups is 1. The van der Waals surface area contributed by atoms with Gasteiger partial charge in [-0.2, -0.15) is 5.10 Å². The average Bonchev–Trinajstić information content (AvgIpc) is 2.75. The van der Waals surface area contributed by atoms with E-state index in [0.29, 0.717) is 35.8 Å². The van der Waals surface area contributed by atoms with E-state index < -0.39 is 5.91 Å².